The molecular formula is C21H25N3NaO3S2. The van der Waals surface area contributed by atoms with E-state index in [-0.39, 0.29) is 33.8 Å². The summed E-state index contributed by atoms with van der Waals surface area (Å²) in [6, 6.07) is 3.35. The average molecular weight is 455 g/mol. The SMILES string of the molecule is CN1CCc2cc(S(=O)(=O)NC(=O)Nc3c4c(cc5c3CCC5)CCC4)sc2C1.[Na]. The number of benzene rings is 1. The maximum absolute atomic E-state index is 12.8. The smallest absolute Gasteiger partial charge is 0.307 e. The fraction of sp³-hybridized carbons (Fsp3) is 0.476. The summed E-state index contributed by atoms with van der Waals surface area (Å²) in [4.78, 5) is 15.9. The van der Waals surface area contributed by atoms with Gasteiger partial charge in [-0.05, 0) is 85.9 Å². The number of nitrogens with one attached hydrogen (secondary N) is 2. The van der Waals surface area contributed by atoms with Gasteiger partial charge >= 0.3 is 6.03 Å². The Morgan fingerprint density at radius 1 is 1.00 bits per heavy atom. The maximum atomic E-state index is 12.8. The Morgan fingerprint density at radius 2 is 1.67 bits per heavy atom. The number of sulfonamides is 1. The molecule has 5 rings (SSSR count). The van der Waals surface area contributed by atoms with Crippen LogP contribution >= 0.6 is 11.3 Å². The molecule has 3 aliphatic rings. The fourth-order valence-corrected chi connectivity index (χ4v) is 7.41. The van der Waals surface area contributed by atoms with Gasteiger partial charge in [-0.15, -0.1) is 11.3 Å². The number of fused-ring (bicyclic) bond motifs is 3. The maximum Gasteiger partial charge on any atom is 0.333 e. The third kappa shape index (κ3) is 4.10. The molecule has 2 amide bonds. The van der Waals surface area contributed by atoms with E-state index in [0.717, 1.165) is 74.2 Å². The van der Waals surface area contributed by atoms with Gasteiger partial charge in [0.25, 0.3) is 10.0 Å². The molecule has 0 atom stereocenters. The first-order valence-corrected chi connectivity index (χ1v) is 12.5. The standard InChI is InChI=1S/C21H25N3O3S2.Na/c1-24-9-8-15-11-19(28-18(15)12-24)29(26,27)23-21(25)22-20-16-6-2-4-13(16)10-14-5-3-7-17(14)20;/h10-11H,2-9,12H2,1H3,(H2,22,23,25);. The van der Waals surface area contributed by atoms with Crippen molar-refractivity contribution in [2.24, 2.45) is 0 Å². The first-order chi connectivity index (χ1) is 13.9. The van der Waals surface area contributed by atoms with Crippen molar-refractivity contribution in [3.8, 4) is 0 Å². The Bertz CT molecular complexity index is 1080. The van der Waals surface area contributed by atoms with E-state index in [2.05, 4.69) is 21.0 Å². The van der Waals surface area contributed by atoms with Crippen LogP contribution in [0.15, 0.2) is 16.3 Å². The molecule has 155 valence electrons. The number of urea groups is 1. The minimum absolute atomic E-state index is 0. The van der Waals surface area contributed by atoms with Crippen LogP contribution in [0.25, 0.3) is 0 Å². The normalized spacial score (nSPS) is 17.6. The molecule has 0 saturated heterocycles. The quantitative estimate of drug-likeness (QED) is 0.699. The van der Waals surface area contributed by atoms with Crippen molar-refractivity contribution in [1.29, 1.82) is 0 Å². The van der Waals surface area contributed by atoms with Crippen LogP contribution in [0.4, 0.5) is 10.5 Å². The van der Waals surface area contributed by atoms with Crippen LogP contribution in [0, 0.1) is 0 Å². The Hall–Kier alpha value is -0.900. The molecule has 2 N–H and O–H groups in total. The van der Waals surface area contributed by atoms with Crippen molar-refractivity contribution in [3.63, 3.8) is 0 Å². The van der Waals surface area contributed by atoms with Crippen molar-refractivity contribution in [3.05, 3.63) is 44.8 Å². The van der Waals surface area contributed by atoms with Gasteiger partial charge < -0.3 is 10.2 Å². The van der Waals surface area contributed by atoms with Crippen molar-refractivity contribution >= 4 is 62.6 Å². The van der Waals surface area contributed by atoms with Crippen molar-refractivity contribution in [2.45, 2.75) is 55.7 Å². The molecule has 2 aliphatic carbocycles. The zero-order valence-corrected chi connectivity index (χ0v) is 21.1. The molecule has 0 bridgehead atoms. The van der Waals surface area contributed by atoms with E-state index in [1.165, 1.54) is 33.6 Å². The van der Waals surface area contributed by atoms with Gasteiger partial charge in [0.1, 0.15) is 4.21 Å². The van der Waals surface area contributed by atoms with Crippen LogP contribution < -0.4 is 10.0 Å². The van der Waals surface area contributed by atoms with Crippen LogP contribution in [-0.2, 0) is 48.7 Å². The molecule has 6 nitrogen and oxygen atoms in total. The Balaban J connectivity index is 0.00000218. The molecule has 0 spiro atoms. The van der Waals surface area contributed by atoms with Gasteiger partial charge in [0.15, 0.2) is 0 Å². The topological polar surface area (TPSA) is 78.5 Å². The Labute approximate surface area is 203 Å². The predicted molar refractivity (Wildman–Crippen MR) is 120 cm³/mol. The van der Waals surface area contributed by atoms with Gasteiger partial charge in [-0.25, -0.2) is 17.9 Å². The summed E-state index contributed by atoms with van der Waals surface area (Å²) in [6.07, 6.45) is 6.96. The molecule has 0 saturated carbocycles. The molecule has 1 aromatic heterocycles. The molecule has 1 aromatic carbocycles. The minimum Gasteiger partial charge on any atom is -0.307 e. The summed E-state index contributed by atoms with van der Waals surface area (Å²) < 4.78 is 28.1. The number of carbonyl (C=O) groups excluding carboxylic acids is 1. The van der Waals surface area contributed by atoms with Crippen LogP contribution in [0.1, 0.15) is 45.5 Å². The number of rotatable bonds is 3. The van der Waals surface area contributed by atoms with Crippen molar-refractivity contribution in [2.75, 3.05) is 18.9 Å². The van der Waals surface area contributed by atoms with Crippen LogP contribution in [-0.4, -0.2) is 62.5 Å². The first-order valence-electron chi connectivity index (χ1n) is 10.2. The van der Waals surface area contributed by atoms with Gasteiger partial charge in [-0.3, -0.25) is 0 Å². The molecular weight excluding hydrogens is 429 g/mol. The second-order valence-corrected chi connectivity index (χ2v) is 11.3. The van der Waals surface area contributed by atoms with E-state index in [1.54, 1.807) is 6.07 Å². The zero-order chi connectivity index (χ0) is 20.2. The van der Waals surface area contributed by atoms with E-state index in [9.17, 15) is 13.2 Å². The molecule has 0 fully saturated rings. The minimum atomic E-state index is -3.88. The van der Waals surface area contributed by atoms with Crippen molar-refractivity contribution in [1.82, 2.24) is 9.62 Å². The van der Waals surface area contributed by atoms with Gasteiger partial charge in [-0.2, -0.15) is 0 Å². The number of thiophene rings is 1. The summed E-state index contributed by atoms with van der Waals surface area (Å²) >= 11 is 1.26. The monoisotopic (exact) mass is 454 g/mol. The zero-order valence-electron chi connectivity index (χ0n) is 17.5. The number of aryl methyl sites for hydroxylation is 2. The van der Waals surface area contributed by atoms with Gasteiger partial charge in [0, 0.05) is 53.2 Å². The van der Waals surface area contributed by atoms with Crippen LogP contribution in [0.3, 0.4) is 0 Å². The van der Waals surface area contributed by atoms with Crippen LogP contribution in [0.2, 0.25) is 0 Å². The first kappa shape index (κ1) is 22.3. The van der Waals surface area contributed by atoms with E-state index < -0.39 is 16.1 Å². The fourth-order valence-electron chi connectivity index (χ4n) is 4.83. The van der Waals surface area contributed by atoms with E-state index in [1.807, 2.05) is 7.05 Å². The average Bonchev–Trinajstić information content (AvgIpc) is 3.39. The van der Waals surface area contributed by atoms with Crippen molar-refractivity contribution < 1.29 is 13.2 Å². The molecule has 2 aromatic rings. The van der Waals surface area contributed by atoms with Gasteiger partial charge in [0.05, 0.1) is 0 Å². The number of anilines is 1. The number of carbonyl (C=O) groups is 1. The number of hydrogen-bond acceptors (Lipinski definition) is 5. The van der Waals surface area contributed by atoms with Gasteiger partial charge in [-0.1, -0.05) is 6.07 Å². The second-order valence-electron chi connectivity index (χ2n) is 8.30. The summed E-state index contributed by atoms with van der Waals surface area (Å²) in [6.45, 7) is 1.67. The van der Waals surface area contributed by atoms with E-state index >= 15 is 0 Å². The number of amides is 2. The Morgan fingerprint density at radius 3 is 2.33 bits per heavy atom. The summed E-state index contributed by atoms with van der Waals surface area (Å²) in [5.41, 5.74) is 6.92. The summed E-state index contributed by atoms with van der Waals surface area (Å²) in [5.74, 6) is 0. The number of hydrogen-bond donors (Lipinski definition) is 2. The molecule has 1 aliphatic heterocycles. The number of nitrogens with zero attached hydrogens (tertiary/aromatic N) is 1. The second kappa shape index (κ2) is 8.56. The molecule has 9 heteroatoms. The van der Waals surface area contributed by atoms with Gasteiger partial charge in [0.2, 0.25) is 0 Å². The molecule has 30 heavy (non-hydrogen) atoms. The van der Waals surface area contributed by atoms with E-state index in [4.69, 9.17) is 0 Å². The van der Waals surface area contributed by atoms with E-state index in [0.29, 0.717) is 0 Å². The number of likely N-dealkylation sites (N-methyl/N-ethyl adjacent to an activating group) is 1. The third-order valence-corrected chi connectivity index (χ3v) is 9.22. The molecule has 2 heterocycles. The summed E-state index contributed by atoms with van der Waals surface area (Å²) in [7, 11) is -1.85. The molecule has 0 unspecified atom stereocenters. The Kier molecular flexibility index (Phi) is 6.36. The largest absolute Gasteiger partial charge is 0.333 e. The van der Waals surface area contributed by atoms with Crippen LogP contribution in [0.5, 0.6) is 0 Å². The molecule has 1 radical (unpaired) electrons. The third-order valence-electron chi connectivity index (χ3n) is 6.25. The predicted octanol–water partition coefficient (Wildman–Crippen LogP) is 2.84. The summed E-state index contributed by atoms with van der Waals surface area (Å²) in [5, 5.41) is 2.90.